The van der Waals surface area contributed by atoms with Gasteiger partial charge in [0.1, 0.15) is 10.5 Å². The first-order valence-corrected chi connectivity index (χ1v) is 7.98. The van der Waals surface area contributed by atoms with Crippen LogP contribution in [0, 0.1) is 6.92 Å². The first-order chi connectivity index (χ1) is 11.6. The molecule has 120 valence electrons. The lowest BCUT2D eigenvalue weighted by molar-refractivity contribution is 0.249. The van der Waals surface area contributed by atoms with Crippen molar-refractivity contribution in [2.45, 2.75) is 6.92 Å². The van der Waals surface area contributed by atoms with Gasteiger partial charge in [0.2, 0.25) is 0 Å². The summed E-state index contributed by atoms with van der Waals surface area (Å²) >= 11 is 1.60. The Morgan fingerprint density at radius 2 is 2.08 bits per heavy atom. The highest BCUT2D eigenvalue weighted by molar-refractivity contribution is 7.18. The van der Waals surface area contributed by atoms with E-state index < -0.39 is 11.8 Å². The third-order valence-corrected chi connectivity index (χ3v) is 4.41. The van der Waals surface area contributed by atoms with Crippen molar-refractivity contribution < 1.29 is 9.21 Å². The van der Waals surface area contributed by atoms with Crippen LogP contribution < -0.4 is 11.1 Å². The fourth-order valence-electron chi connectivity index (χ4n) is 2.38. The van der Waals surface area contributed by atoms with E-state index in [2.05, 4.69) is 15.4 Å². The van der Waals surface area contributed by atoms with Gasteiger partial charge in [-0.2, -0.15) is 0 Å². The summed E-state index contributed by atoms with van der Waals surface area (Å²) in [5.41, 5.74) is 1.12. The van der Waals surface area contributed by atoms with Crippen LogP contribution in [-0.2, 0) is 0 Å². The highest BCUT2D eigenvalue weighted by Gasteiger charge is 2.18. The van der Waals surface area contributed by atoms with Crippen molar-refractivity contribution in [1.29, 1.82) is 0 Å². The fraction of sp³-hybridized carbons (Fsp3) is 0.0625. The number of aromatic nitrogens is 3. The summed E-state index contributed by atoms with van der Waals surface area (Å²) in [6, 6.07) is 12.0. The Labute approximate surface area is 139 Å². The van der Waals surface area contributed by atoms with Crippen molar-refractivity contribution in [2.75, 3.05) is 5.32 Å². The van der Waals surface area contributed by atoms with Crippen molar-refractivity contribution in [3.05, 3.63) is 57.9 Å². The molecular formula is C16H12N4O3S. The lowest BCUT2D eigenvalue weighted by atomic mass is 10.3. The quantitative estimate of drug-likeness (QED) is 0.584. The van der Waals surface area contributed by atoms with Gasteiger partial charge in [0.15, 0.2) is 0 Å². The lowest BCUT2D eigenvalue weighted by Crippen LogP contribution is -2.29. The molecule has 3 heterocycles. The van der Waals surface area contributed by atoms with Crippen LogP contribution in [-0.4, -0.2) is 20.8 Å². The maximum Gasteiger partial charge on any atom is 0.446 e. The molecule has 0 saturated carbocycles. The minimum Gasteiger partial charge on any atom is -0.386 e. The normalized spacial score (nSPS) is 11.0. The van der Waals surface area contributed by atoms with Crippen LogP contribution in [0.15, 0.2) is 51.7 Å². The predicted molar refractivity (Wildman–Crippen MR) is 91.5 cm³/mol. The molecule has 4 rings (SSSR count). The number of hydrogen-bond donors (Lipinski definition) is 2. The van der Waals surface area contributed by atoms with Gasteiger partial charge in [-0.1, -0.05) is 18.2 Å². The van der Waals surface area contributed by atoms with Crippen molar-refractivity contribution in [1.82, 2.24) is 14.8 Å². The van der Waals surface area contributed by atoms with Crippen LogP contribution in [0.3, 0.4) is 0 Å². The SMILES string of the molecule is Cc1cc2cc(-c3nn(C(=O)Nc4ccccc4)c(=O)o3)[nH]c2s1. The molecule has 0 bridgehead atoms. The molecule has 2 N–H and O–H groups in total. The third kappa shape index (κ3) is 2.52. The summed E-state index contributed by atoms with van der Waals surface area (Å²) in [5.74, 6) is -0.767. The number of hydrogen-bond acceptors (Lipinski definition) is 5. The zero-order valence-corrected chi connectivity index (χ0v) is 13.4. The average molecular weight is 340 g/mol. The number of thiophene rings is 1. The number of nitrogens with zero attached hydrogens (tertiary/aromatic N) is 2. The maximum atomic E-state index is 12.2. The molecule has 0 radical (unpaired) electrons. The minimum absolute atomic E-state index is 0.0734. The van der Waals surface area contributed by atoms with E-state index in [1.165, 1.54) is 4.88 Å². The highest BCUT2D eigenvalue weighted by atomic mass is 32.1. The van der Waals surface area contributed by atoms with Crippen LogP contribution in [0.5, 0.6) is 0 Å². The molecule has 0 atom stereocenters. The van der Waals surface area contributed by atoms with Crippen LogP contribution >= 0.6 is 11.3 Å². The number of carbonyl (C=O) groups is 1. The lowest BCUT2D eigenvalue weighted by Gasteiger charge is -2.01. The molecule has 1 aromatic carbocycles. The molecule has 0 fully saturated rings. The Morgan fingerprint density at radius 1 is 1.29 bits per heavy atom. The number of aryl methyl sites for hydroxylation is 1. The zero-order chi connectivity index (χ0) is 16.7. The van der Waals surface area contributed by atoms with Crippen LogP contribution in [0.1, 0.15) is 4.88 Å². The molecule has 0 aliphatic carbocycles. The van der Waals surface area contributed by atoms with Gasteiger partial charge in [-0.3, -0.25) is 0 Å². The number of rotatable bonds is 2. The summed E-state index contributed by atoms with van der Waals surface area (Å²) in [7, 11) is 0. The van der Waals surface area contributed by atoms with E-state index >= 15 is 0 Å². The summed E-state index contributed by atoms with van der Waals surface area (Å²) in [4.78, 5) is 29.4. The summed E-state index contributed by atoms with van der Waals surface area (Å²) in [6.07, 6.45) is 0. The number of carbonyl (C=O) groups excluding carboxylic acids is 1. The molecular weight excluding hydrogens is 328 g/mol. The number of aromatic amines is 1. The minimum atomic E-state index is -0.840. The van der Waals surface area contributed by atoms with Gasteiger partial charge in [0.25, 0.3) is 5.89 Å². The second kappa shape index (κ2) is 5.50. The van der Waals surface area contributed by atoms with E-state index in [1.54, 1.807) is 35.6 Å². The number of amides is 1. The zero-order valence-electron chi connectivity index (χ0n) is 12.6. The van der Waals surface area contributed by atoms with Crippen molar-refractivity contribution in [3.63, 3.8) is 0 Å². The standard InChI is InChI=1S/C16H12N4O3S/c1-9-7-10-8-12(18-14(10)24-9)13-19-20(16(22)23-13)15(21)17-11-5-3-2-4-6-11/h2-8,18H,1H3,(H,17,21). The van der Waals surface area contributed by atoms with E-state index in [0.29, 0.717) is 16.1 Å². The summed E-state index contributed by atoms with van der Waals surface area (Å²) in [5, 5.41) is 7.57. The van der Waals surface area contributed by atoms with E-state index in [4.69, 9.17) is 4.42 Å². The van der Waals surface area contributed by atoms with E-state index in [1.807, 2.05) is 25.1 Å². The second-order valence-corrected chi connectivity index (χ2v) is 6.46. The first kappa shape index (κ1) is 14.5. The Morgan fingerprint density at radius 3 is 2.83 bits per heavy atom. The Hall–Kier alpha value is -3.13. The smallest absolute Gasteiger partial charge is 0.386 e. The Kier molecular flexibility index (Phi) is 3.31. The number of nitrogens with one attached hydrogen (secondary N) is 2. The van der Waals surface area contributed by atoms with Gasteiger partial charge in [0.05, 0.1) is 0 Å². The second-order valence-electron chi connectivity index (χ2n) is 5.21. The van der Waals surface area contributed by atoms with Gasteiger partial charge in [-0.15, -0.1) is 21.1 Å². The highest BCUT2D eigenvalue weighted by Crippen LogP contribution is 2.28. The van der Waals surface area contributed by atoms with Crippen LogP contribution in [0.25, 0.3) is 21.8 Å². The predicted octanol–water partition coefficient (Wildman–Crippen LogP) is 3.43. The molecule has 0 saturated heterocycles. The molecule has 3 aromatic heterocycles. The van der Waals surface area contributed by atoms with Gasteiger partial charge < -0.3 is 14.7 Å². The van der Waals surface area contributed by atoms with Crippen molar-refractivity contribution >= 4 is 33.3 Å². The Balaban J connectivity index is 1.65. The maximum absolute atomic E-state index is 12.2. The average Bonchev–Trinajstić information content (AvgIpc) is 3.20. The van der Waals surface area contributed by atoms with Crippen molar-refractivity contribution in [3.8, 4) is 11.6 Å². The van der Waals surface area contributed by atoms with Gasteiger partial charge in [0, 0.05) is 16.0 Å². The summed E-state index contributed by atoms with van der Waals surface area (Å²) < 4.78 is 5.77. The first-order valence-electron chi connectivity index (χ1n) is 7.16. The van der Waals surface area contributed by atoms with E-state index in [-0.39, 0.29) is 5.89 Å². The number of fused-ring (bicyclic) bond motifs is 1. The van der Waals surface area contributed by atoms with E-state index in [0.717, 1.165) is 10.2 Å². The monoisotopic (exact) mass is 340 g/mol. The number of anilines is 1. The number of H-pyrrole nitrogens is 1. The topological polar surface area (TPSA) is 92.9 Å². The van der Waals surface area contributed by atoms with Gasteiger partial charge >= 0.3 is 11.8 Å². The molecule has 24 heavy (non-hydrogen) atoms. The molecule has 0 aliphatic heterocycles. The van der Waals surface area contributed by atoms with Crippen molar-refractivity contribution in [2.24, 2.45) is 0 Å². The summed E-state index contributed by atoms with van der Waals surface area (Å²) in [6.45, 7) is 2.01. The molecule has 0 aliphatic rings. The molecule has 0 spiro atoms. The molecule has 1 amide bonds. The molecule has 7 nitrogen and oxygen atoms in total. The van der Waals surface area contributed by atoms with Gasteiger partial charge in [-0.25, -0.2) is 9.59 Å². The molecule has 4 aromatic rings. The largest absolute Gasteiger partial charge is 0.446 e. The molecule has 8 heteroatoms. The van der Waals surface area contributed by atoms with Crippen LogP contribution in [0.2, 0.25) is 0 Å². The fourth-order valence-corrected chi connectivity index (χ4v) is 3.29. The number of para-hydroxylation sites is 1. The number of benzene rings is 1. The molecule has 0 unspecified atom stereocenters. The Bertz CT molecular complexity index is 1060. The van der Waals surface area contributed by atoms with Crippen LogP contribution in [0.4, 0.5) is 10.5 Å². The van der Waals surface area contributed by atoms with Gasteiger partial charge in [-0.05, 0) is 31.2 Å². The third-order valence-electron chi connectivity index (χ3n) is 3.43. The van der Waals surface area contributed by atoms with E-state index in [9.17, 15) is 9.59 Å².